The van der Waals surface area contributed by atoms with E-state index >= 15 is 0 Å². The molecule has 1 atom stereocenters. The van der Waals surface area contributed by atoms with E-state index in [9.17, 15) is 8.78 Å². The Morgan fingerprint density at radius 2 is 1.78 bits per heavy atom. The van der Waals surface area contributed by atoms with E-state index in [1.54, 1.807) is 6.07 Å². The molecule has 0 aliphatic heterocycles. The quantitative estimate of drug-likeness (QED) is 0.515. The van der Waals surface area contributed by atoms with Crippen molar-refractivity contribution in [3.8, 4) is 0 Å². The lowest BCUT2D eigenvalue weighted by atomic mass is 10.0. The summed E-state index contributed by atoms with van der Waals surface area (Å²) < 4.78 is 27.0. The first kappa shape index (κ1) is 13.7. The molecule has 0 bridgehead atoms. The van der Waals surface area contributed by atoms with Crippen molar-refractivity contribution in [3.63, 3.8) is 0 Å². The minimum Gasteiger partial charge on any atom is -0.204 e. The molecule has 94 valence electrons. The van der Waals surface area contributed by atoms with Gasteiger partial charge in [0.2, 0.25) is 0 Å². The Labute approximate surface area is 123 Å². The van der Waals surface area contributed by atoms with E-state index in [4.69, 9.17) is 11.6 Å². The van der Waals surface area contributed by atoms with Gasteiger partial charge in [-0.3, -0.25) is 0 Å². The van der Waals surface area contributed by atoms with Crippen LogP contribution in [0, 0.1) is 15.2 Å². The van der Waals surface area contributed by atoms with Gasteiger partial charge in [-0.1, -0.05) is 24.3 Å². The van der Waals surface area contributed by atoms with Gasteiger partial charge >= 0.3 is 0 Å². The molecule has 0 saturated heterocycles. The zero-order valence-electron chi connectivity index (χ0n) is 9.34. The number of hydrogen-bond donors (Lipinski definition) is 0. The fourth-order valence-electron chi connectivity index (χ4n) is 1.71. The molecule has 0 aromatic heterocycles. The third-order valence-electron chi connectivity index (χ3n) is 2.64. The largest absolute Gasteiger partial charge is 0.204 e. The predicted octanol–water partition coefficient (Wildman–Crippen LogP) is 5.09. The molecule has 0 saturated carbocycles. The van der Waals surface area contributed by atoms with Gasteiger partial charge in [0.05, 0.1) is 5.38 Å². The molecule has 0 spiro atoms. The van der Waals surface area contributed by atoms with E-state index in [0.29, 0.717) is 12.0 Å². The summed E-state index contributed by atoms with van der Waals surface area (Å²) in [5.74, 6) is -1.67. The second kappa shape index (κ2) is 5.97. The highest BCUT2D eigenvalue weighted by molar-refractivity contribution is 14.1. The molecule has 0 nitrogen and oxygen atoms in total. The number of hydrogen-bond acceptors (Lipinski definition) is 0. The van der Waals surface area contributed by atoms with Gasteiger partial charge < -0.3 is 0 Å². The first-order valence-corrected chi connectivity index (χ1v) is 6.92. The van der Waals surface area contributed by atoms with Gasteiger partial charge in [-0.25, -0.2) is 8.78 Å². The van der Waals surface area contributed by atoms with Gasteiger partial charge in [0.15, 0.2) is 11.6 Å². The topological polar surface area (TPSA) is 0 Å². The van der Waals surface area contributed by atoms with Gasteiger partial charge in [-0.15, -0.1) is 11.6 Å². The maximum absolute atomic E-state index is 13.1. The molecule has 0 fully saturated rings. The second-order valence-electron chi connectivity index (χ2n) is 3.94. The molecule has 0 aliphatic rings. The molecule has 0 heterocycles. The first-order valence-electron chi connectivity index (χ1n) is 5.40. The molecule has 0 N–H and O–H groups in total. The fourth-order valence-corrected chi connectivity index (χ4v) is 3.03. The monoisotopic (exact) mass is 378 g/mol. The SMILES string of the molecule is Fc1ccc(CC(Cl)c2ccccc2I)cc1F. The van der Waals surface area contributed by atoms with Crippen molar-refractivity contribution in [3.05, 3.63) is 68.8 Å². The molecular formula is C14H10ClF2I. The summed E-state index contributed by atoms with van der Waals surface area (Å²) in [5, 5.41) is -0.247. The summed E-state index contributed by atoms with van der Waals surface area (Å²) >= 11 is 8.53. The molecule has 0 radical (unpaired) electrons. The highest BCUT2D eigenvalue weighted by Gasteiger charge is 2.13. The Kier molecular flexibility index (Phi) is 4.56. The average molecular weight is 379 g/mol. The second-order valence-corrected chi connectivity index (χ2v) is 5.63. The summed E-state index contributed by atoms with van der Waals surface area (Å²) in [4.78, 5) is 0. The maximum Gasteiger partial charge on any atom is 0.159 e. The summed E-state index contributed by atoms with van der Waals surface area (Å²) in [7, 11) is 0. The summed E-state index contributed by atoms with van der Waals surface area (Å²) in [5.41, 5.74) is 1.69. The van der Waals surface area contributed by atoms with Crippen molar-refractivity contribution in [2.24, 2.45) is 0 Å². The Balaban J connectivity index is 2.19. The van der Waals surface area contributed by atoms with Gasteiger partial charge in [-0.2, -0.15) is 0 Å². The van der Waals surface area contributed by atoms with Crippen LogP contribution in [0.15, 0.2) is 42.5 Å². The minimum absolute atomic E-state index is 0.247. The normalized spacial score (nSPS) is 12.4. The van der Waals surface area contributed by atoms with Crippen LogP contribution >= 0.6 is 34.2 Å². The fraction of sp³-hybridized carbons (Fsp3) is 0.143. The summed E-state index contributed by atoms with van der Waals surface area (Å²) in [6, 6.07) is 11.6. The van der Waals surface area contributed by atoms with Crippen LogP contribution in [0.25, 0.3) is 0 Å². The Hall–Kier alpha value is -0.680. The van der Waals surface area contributed by atoms with Crippen molar-refractivity contribution in [2.45, 2.75) is 11.8 Å². The van der Waals surface area contributed by atoms with E-state index in [1.807, 2.05) is 24.3 Å². The average Bonchev–Trinajstić information content (AvgIpc) is 2.34. The van der Waals surface area contributed by atoms with Gasteiger partial charge in [-0.05, 0) is 58.3 Å². The van der Waals surface area contributed by atoms with Crippen LogP contribution in [-0.2, 0) is 6.42 Å². The molecular weight excluding hydrogens is 369 g/mol. The summed E-state index contributed by atoms with van der Waals surface area (Å²) in [6.07, 6.45) is 0.471. The van der Waals surface area contributed by atoms with Crippen LogP contribution in [0.1, 0.15) is 16.5 Å². The van der Waals surface area contributed by atoms with Gasteiger partial charge in [0, 0.05) is 3.57 Å². The number of rotatable bonds is 3. The van der Waals surface area contributed by atoms with Gasteiger partial charge in [0.1, 0.15) is 0 Å². The summed E-state index contributed by atoms with van der Waals surface area (Å²) in [6.45, 7) is 0. The maximum atomic E-state index is 13.1. The third-order valence-corrected chi connectivity index (χ3v) is 4.01. The molecule has 2 aromatic carbocycles. The zero-order valence-corrected chi connectivity index (χ0v) is 12.3. The van der Waals surface area contributed by atoms with Crippen molar-refractivity contribution >= 4 is 34.2 Å². The Morgan fingerprint density at radius 3 is 2.44 bits per heavy atom. The van der Waals surface area contributed by atoms with Crippen LogP contribution in [-0.4, -0.2) is 0 Å². The number of halogens is 4. The molecule has 2 aromatic rings. The predicted molar refractivity (Wildman–Crippen MR) is 77.8 cm³/mol. The van der Waals surface area contributed by atoms with Crippen molar-refractivity contribution in [1.29, 1.82) is 0 Å². The van der Waals surface area contributed by atoms with Gasteiger partial charge in [0.25, 0.3) is 0 Å². The van der Waals surface area contributed by atoms with Crippen molar-refractivity contribution in [2.75, 3.05) is 0 Å². The lowest BCUT2D eigenvalue weighted by molar-refractivity contribution is 0.507. The minimum atomic E-state index is -0.834. The molecule has 4 heteroatoms. The molecule has 2 rings (SSSR count). The Bertz CT molecular complexity index is 557. The lowest BCUT2D eigenvalue weighted by Crippen LogP contribution is -1.99. The molecule has 1 unspecified atom stereocenters. The van der Waals surface area contributed by atoms with Crippen molar-refractivity contribution < 1.29 is 8.78 Å². The van der Waals surface area contributed by atoms with Crippen LogP contribution < -0.4 is 0 Å². The van der Waals surface area contributed by atoms with Crippen molar-refractivity contribution in [1.82, 2.24) is 0 Å². The van der Waals surface area contributed by atoms with Crippen LogP contribution in [0.3, 0.4) is 0 Å². The van der Waals surface area contributed by atoms with E-state index in [-0.39, 0.29) is 5.38 Å². The van der Waals surface area contributed by atoms with E-state index in [2.05, 4.69) is 22.6 Å². The van der Waals surface area contributed by atoms with Crippen LogP contribution in [0.4, 0.5) is 8.78 Å². The van der Waals surface area contributed by atoms with E-state index < -0.39 is 11.6 Å². The highest BCUT2D eigenvalue weighted by Crippen LogP contribution is 2.29. The first-order chi connectivity index (χ1) is 8.58. The molecule has 18 heavy (non-hydrogen) atoms. The molecule has 0 aliphatic carbocycles. The standard InChI is InChI=1S/C14H10ClF2I/c15-11(10-3-1-2-4-14(10)18)7-9-5-6-12(16)13(17)8-9/h1-6,8,11H,7H2. The lowest BCUT2D eigenvalue weighted by Gasteiger charge is -2.12. The third kappa shape index (κ3) is 3.20. The zero-order chi connectivity index (χ0) is 13.1. The van der Waals surface area contributed by atoms with Crippen LogP contribution in [0.5, 0.6) is 0 Å². The van der Waals surface area contributed by atoms with Crippen LogP contribution in [0.2, 0.25) is 0 Å². The number of alkyl halides is 1. The number of benzene rings is 2. The van der Waals surface area contributed by atoms with E-state index in [0.717, 1.165) is 15.2 Å². The smallest absolute Gasteiger partial charge is 0.159 e. The van der Waals surface area contributed by atoms with E-state index in [1.165, 1.54) is 6.07 Å². The molecule has 0 amide bonds. The Morgan fingerprint density at radius 1 is 1.06 bits per heavy atom. The highest BCUT2D eigenvalue weighted by atomic mass is 127.